The molecule has 0 unspecified atom stereocenters. The van der Waals surface area contributed by atoms with Gasteiger partial charge >= 0.3 is 6.36 Å². The largest absolute Gasteiger partial charge is 0.574 e. The number of rotatable bonds is 3. The van der Waals surface area contributed by atoms with E-state index in [4.69, 9.17) is 10.7 Å². The molecule has 1 aromatic heterocycles. The van der Waals surface area contributed by atoms with Crippen LogP contribution < -0.4 is 9.47 Å². The van der Waals surface area contributed by atoms with Gasteiger partial charge in [0, 0.05) is 16.7 Å². The molecule has 1 rings (SSSR count). The fourth-order valence-electron chi connectivity index (χ4n) is 0.922. The molecule has 0 radical (unpaired) electrons. The van der Waals surface area contributed by atoms with Crippen LogP contribution in [0.2, 0.25) is 0 Å². The van der Waals surface area contributed by atoms with Gasteiger partial charge in [-0.3, -0.25) is 0 Å². The summed E-state index contributed by atoms with van der Waals surface area (Å²) >= 11 is 1.33. The highest BCUT2D eigenvalue weighted by Crippen LogP contribution is 2.34. The lowest BCUT2D eigenvalue weighted by molar-refractivity contribution is -0.276. The normalized spacial score (nSPS) is 12.3. The summed E-state index contributed by atoms with van der Waals surface area (Å²) in [4.78, 5) is 2.78. The van der Waals surface area contributed by atoms with Crippen LogP contribution in [0.25, 0.3) is 0 Å². The van der Waals surface area contributed by atoms with E-state index >= 15 is 0 Å². The first-order valence-electron chi connectivity index (χ1n) is 3.99. The third-order valence-electron chi connectivity index (χ3n) is 1.55. The number of hydrogen-bond acceptors (Lipinski definition) is 5. The first-order valence-corrected chi connectivity index (χ1v) is 7.38. The molecule has 0 fully saturated rings. The lowest BCUT2D eigenvalue weighted by Crippen LogP contribution is -2.19. The Morgan fingerprint density at radius 2 is 2.00 bits per heavy atom. The maximum Gasteiger partial charge on any atom is 0.574 e. The Morgan fingerprint density at radius 3 is 2.39 bits per heavy atom. The first-order chi connectivity index (χ1) is 8.04. The monoisotopic (exact) mass is 417 g/mol. The summed E-state index contributed by atoms with van der Waals surface area (Å²) in [5.74, 6) is -1.31. The van der Waals surface area contributed by atoms with Crippen LogP contribution in [0.4, 0.5) is 13.2 Å². The molecule has 0 saturated carbocycles. The van der Waals surface area contributed by atoms with Gasteiger partial charge in [0.1, 0.15) is 4.90 Å². The van der Waals surface area contributed by atoms with Gasteiger partial charge in [0.15, 0.2) is 0 Å². The lowest BCUT2D eigenvalue weighted by atomic mass is 10.4. The number of nitrogens with zero attached hydrogens (tertiary/aromatic N) is 1. The third kappa shape index (κ3) is 4.02. The molecule has 0 aliphatic rings. The van der Waals surface area contributed by atoms with Crippen molar-refractivity contribution in [2.45, 2.75) is 11.3 Å². The van der Waals surface area contributed by atoms with Crippen molar-refractivity contribution in [3.63, 3.8) is 0 Å². The molecule has 0 aromatic carbocycles. The Bertz CT molecular complexity index is 563. The Balaban J connectivity index is 3.44. The van der Waals surface area contributed by atoms with E-state index in [0.29, 0.717) is 0 Å². The molecular weight excluding hydrogens is 413 g/mol. The Labute approximate surface area is 118 Å². The van der Waals surface area contributed by atoms with E-state index in [1.54, 1.807) is 0 Å². The van der Waals surface area contributed by atoms with Gasteiger partial charge in [-0.2, -0.15) is 4.98 Å². The second-order valence-electron chi connectivity index (χ2n) is 2.77. The maximum atomic E-state index is 12.1. The zero-order valence-corrected chi connectivity index (χ0v) is 12.2. The summed E-state index contributed by atoms with van der Waals surface area (Å²) in [7, 11) is 1.94. The molecule has 0 saturated heterocycles. The molecule has 102 valence electrons. The highest BCUT2D eigenvalue weighted by atomic mass is 127. The third-order valence-corrected chi connectivity index (χ3v) is 4.31. The van der Waals surface area contributed by atoms with Crippen molar-refractivity contribution in [2.24, 2.45) is 0 Å². The van der Waals surface area contributed by atoms with E-state index in [-0.39, 0.29) is 9.45 Å². The smallest absolute Gasteiger partial charge is 0.481 e. The molecule has 0 aliphatic heterocycles. The molecule has 18 heavy (non-hydrogen) atoms. The molecule has 1 aromatic rings. The molecule has 0 aliphatic carbocycles. The first kappa shape index (κ1) is 15.6. The van der Waals surface area contributed by atoms with Crippen LogP contribution in [-0.4, -0.2) is 26.9 Å². The van der Waals surface area contributed by atoms with Crippen molar-refractivity contribution in [3.8, 4) is 11.8 Å². The van der Waals surface area contributed by atoms with Gasteiger partial charge < -0.3 is 9.47 Å². The Hall–Kier alpha value is -0.490. The van der Waals surface area contributed by atoms with Crippen LogP contribution >= 0.6 is 33.3 Å². The average molecular weight is 418 g/mol. The van der Waals surface area contributed by atoms with Crippen molar-refractivity contribution in [1.29, 1.82) is 0 Å². The molecular formula is C7H4ClF3INO4S. The molecule has 0 N–H and O–H groups in total. The standard InChI is InChI=1S/C7H4ClF3INO4S/c1-16-4-2-3(18(8,14)15)5(12)6(13-4)17-7(9,10)11/h2H,1H3. The van der Waals surface area contributed by atoms with Gasteiger partial charge in [0.05, 0.1) is 10.7 Å². The SMILES string of the molecule is COc1cc(S(=O)(=O)Cl)c(I)c(OC(F)(F)F)n1. The van der Waals surface area contributed by atoms with Crippen molar-refractivity contribution in [3.05, 3.63) is 9.64 Å². The predicted molar refractivity (Wildman–Crippen MR) is 63.2 cm³/mol. The van der Waals surface area contributed by atoms with Crippen LogP contribution in [0.1, 0.15) is 0 Å². The number of methoxy groups -OCH3 is 1. The van der Waals surface area contributed by atoms with Crippen molar-refractivity contribution in [1.82, 2.24) is 4.98 Å². The van der Waals surface area contributed by atoms with Gasteiger partial charge in [0.2, 0.25) is 11.8 Å². The molecule has 0 spiro atoms. The molecule has 5 nitrogen and oxygen atoms in total. The van der Waals surface area contributed by atoms with E-state index in [1.807, 2.05) is 0 Å². The lowest BCUT2D eigenvalue weighted by Gasteiger charge is -2.12. The fraction of sp³-hybridized carbons (Fsp3) is 0.286. The van der Waals surface area contributed by atoms with Gasteiger partial charge in [-0.05, 0) is 22.6 Å². The molecule has 0 bridgehead atoms. The zero-order valence-electron chi connectivity index (χ0n) is 8.46. The molecule has 0 atom stereocenters. The maximum absolute atomic E-state index is 12.1. The second kappa shape index (κ2) is 5.25. The van der Waals surface area contributed by atoms with E-state index in [2.05, 4.69) is 14.5 Å². The summed E-state index contributed by atoms with van der Waals surface area (Å²) < 4.78 is 66.4. The van der Waals surface area contributed by atoms with E-state index in [0.717, 1.165) is 13.2 Å². The number of halogens is 5. The number of ether oxygens (including phenoxy) is 2. The van der Waals surface area contributed by atoms with Crippen LogP contribution in [0.15, 0.2) is 11.0 Å². The molecule has 0 amide bonds. The molecule has 1 heterocycles. The van der Waals surface area contributed by atoms with Crippen molar-refractivity contribution >= 4 is 42.3 Å². The number of pyridine rings is 1. The quantitative estimate of drug-likeness (QED) is 0.559. The van der Waals surface area contributed by atoms with Crippen LogP contribution in [0.5, 0.6) is 11.8 Å². The van der Waals surface area contributed by atoms with Gasteiger partial charge in [-0.15, -0.1) is 13.2 Å². The van der Waals surface area contributed by atoms with Crippen LogP contribution in [0, 0.1) is 3.57 Å². The van der Waals surface area contributed by atoms with Gasteiger partial charge in [0.25, 0.3) is 9.05 Å². The van der Waals surface area contributed by atoms with Crippen molar-refractivity contribution in [2.75, 3.05) is 7.11 Å². The second-order valence-corrected chi connectivity index (χ2v) is 6.38. The minimum absolute atomic E-state index is 0.367. The number of aromatic nitrogens is 1. The molecule has 11 heteroatoms. The highest BCUT2D eigenvalue weighted by Gasteiger charge is 2.34. The average Bonchev–Trinajstić information content (AvgIpc) is 2.17. The van der Waals surface area contributed by atoms with E-state index < -0.39 is 26.2 Å². The van der Waals surface area contributed by atoms with E-state index in [1.165, 1.54) is 22.6 Å². The van der Waals surface area contributed by atoms with Gasteiger partial charge in [-0.25, -0.2) is 8.42 Å². The predicted octanol–water partition coefficient (Wildman–Crippen LogP) is 2.52. The summed E-state index contributed by atoms with van der Waals surface area (Å²) in [6.07, 6.45) is -5.01. The Kier molecular flexibility index (Phi) is 4.54. The van der Waals surface area contributed by atoms with Crippen LogP contribution in [-0.2, 0) is 9.05 Å². The summed E-state index contributed by atoms with van der Waals surface area (Å²) in [6, 6.07) is 0.896. The van der Waals surface area contributed by atoms with E-state index in [9.17, 15) is 21.6 Å². The van der Waals surface area contributed by atoms with Crippen molar-refractivity contribution < 1.29 is 31.1 Å². The minimum Gasteiger partial charge on any atom is -0.481 e. The minimum atomic E-state index is -5.01. The topological polar surface area (TPSA) is 65.5 Å². The van der Waals surface area contributed by atoms with Gasteiger partial charge in [-0.1, -0.05) is 0 Å². The van der Waals surface area contributed by atoms with Crippen LogP contribution in [0.3, 0.4) is 0 Å². The summed E-state index contributed by atoms with van der Waals surface area (Å²) in [5, 5.41) is 0. The summed E-state index contributed by atoms with van der Waals surface area (Å²) in [6.45, 7) is 0. The summed E-state index contributed by atoms with van der Waals surface area (Å²) in [5.41, 5.74) is 0. The highest BCUT2D eigenvalue weighted by molar-refractivity contribution is 14.1. The number of hydrogen-bond donors (Lipinski definition) is 0. The number of alkyl halides is 3. The Morgan fingerprint density at radius 1 is 1.44 bits per heavy atom. The zero-order chi connectivity index (χ0) is 14.1. The fourth-order valence-corrected chi connectivity index (χ4v) is 3.48.